The minimum atomic E-state index is -0.764. The standard InChI is InChI=1S/C22H24IN3O2/c1-22(9-3-11-24-21(22)28)17-6-7-18(25-20(17)27)16-5-4-15-8-12-26(13-10-23-2)19(15)14-16/h4-8,12,14H,2-3,9-11,13H2,1H3,(H,24,28)(H,25,27). The highest BCUT2D eigenvalue weighted by Gasteiger charge is 2.39. The monoisotopic (exact) mass is 489 g/mol. The van der Waals surface area contributed by atoms with E-state index in [0.29, 0.717) is 18.5 Å². The third-order valence-corrected chi connectivity index (χ3v) is 6.93. The van der Waals surface area contributed by atoms with Gasteiger partial charge in [-0.05, 0) is 43.4 Å². The molecule has 3 aromatic rings. The maximum Gasteiger partial charge on any atom is 0.252 e. The number of benzene rings is 1. The van der Waals surface area contributed by atoms with Crippen LogP contribution in [0.15, 0.2) is 47.4 Å². The highest BCUT2D eigenvalue weighted by molar-refractivity contribution is 14.2. The molecule has 28 heavy (non-hydrogen) atoms. The van der Waals surface area contributed by atoms with Crippen LogP contribution in [0.1, 0.15) is 25.3 Å². The number of alkyl halides is 1. The second kappa shape index (κ2) is 7.66. The lowest BCUT2D eigenvalue weighted by Crippen LogP contribution is -2.49. The van der Waals surface area contributed by atoms with Crippen LogP contribution in [0.5, 0.6) is 0 Å². The number of amides is 1. The summed E-state index contributed by atoms with van der Waals surface area (Å²) < 4.78 is 7.42. The fourth-order valence-electron chi connectivity index (χ4n) is 3.98. The molecule has 2 N–H and O–H groups in total. The van der Waals surface area contributed by atoms with E-state index in [1.165, 1.54) is 10.9 Å². The molecule has 3 heterocycles. The van der Waals surface area contributed by atoms with E-state index < -0.39 is 5.41 Å². The number of hydrogen-bond donors (Lipinski definition) is 2. The number of carbonyl (C=O) groups excluding carboxylic acids is 1. The van der Waals surface area contributed by atoms with Gasteiger partial charge in [-0.25, -0.2) is 0 Å². The third-order valence-electron chi connectivity index (χ3n) is 5.69. The summed E-state index contributed by atoms with van der Waals surface area (Å²) in [6.07, 6.45) is 3.69. The molecule has 1 unspecified atom stereocenters. The summed E-state index contributed by atoms with van der Waals surface area (Å²) in [7, 11) is 0. The van der Waals surface area contributed by atoms with Gasteiger partial charge in [0.2, 0.25) is 5.91 Å². The van der Waals surface area contributed by atoms with Crippen molar-refractivity contribution in [2.24, 2.45) is 0 Å². The van der Waals surface area contributed by atoms with Gasteiger partial charge in [0.05, 0.1) is 5.41 Å². The topological polar surface area (TPSA) is 66.9 Å². The van der Waals surface area contributed by atoms with E-state index in [2.05, 4.69) is 43.8 Å². The number of halogens is 1. The summed E-state index contributed by atoms with van der Waals surface area (Å²) in [5, 5.41) is 4.08. The number of rotatable bonds is 5. The Morgan fingerprint density at radius 1 is 1.21 bits per heavy atom. The van der Waals surface area contributed by atoms with Crippen molar-refractivity contribution in [1.29, 1.82) is 0 Å². The number of aryl methyl sites for hydroxylation is 1. The van der Waals surface area contributed by atoms with Crippen molar-refractivity contribution >= 4 is 42.1 Å². The maximum atomic E-state index is 12.8. The van der Waals surface area contributed by atoms with Crippen LogP contribution >= 0.6 is 20.7 Å². The Hall–Kier alpha value is -2.22. The Morgan fingerprint density at radius 2 is 2.07 bits per heavy atom. The summed E-state index contributed by atoms with van der Waals surface area (Å²) >= 11 is 0.0168. The number of nitrogens with zero attached hydrogens (tertiary/aromatic N) is 1. The smallest absolute Gasteiger partial charge is 0.252 e. The molecule has 0 aliphatic carbocycles. The summed E-state index contributed by atoms with van der Waals surface area (Å²) in [5.41, 5.74) is 2.50. The molecule has 0 spiro atoms. The first-order valence-corrected chi connectivity index (χ1v) is 12.5. The molecule has 0 saturated carbocycles. The second-order valence-corrected chi connectivity index (χ2v) is 9.62. The Kier molecular flexibility index (Phi) is 5.23. The van der Waals surface area contributed by atoms with E-state index in [9.17, 15) is 9.59 Å². The number of aromatic amines is 1. The van der Waals surface area contributed by atoms with Crippen molar-refractivity contribution in [3.63, 3.8) is 0 Å². The number of hydrogen-bond acceptors (Lipinski definition) is 2. The van der Waals surface area contributed by atoms with Gasteiger partial charge in [-0.15, -0.1) is 20.7 Å². The Morgan fingerprint density at radius 3 is 2.82 bits per heavy atom. The molecule has 0 bridgehead atoms. The second-order valence-electron chi connectivity index (χ2n) is 7.47. The zero-order chi connectivity index (χ0) is 19.7. The molecule has 1 aromatic carbocycles. The molecule has 1 atom stereocenters. The SMILES string of the molecule is C=ICCn1ccc2ccc(-c3ccc(C4(C)CCCNC4=O)c(=O)[nH]3)cc21. The van der Waals surface area contributed by atoms with E-state index in [1.54, 1.807) is 0 Å². The molecule has 1 fully saturated rings. The van der Waals surface area contributed by atoms with Crippen LogP contribution < -0.4 is 10.9 Å². The van der Waals surface area contributed by atoms with Crippen LogP contribution in [-0.4, -0.2) is 30.9 Å². The van der Waals surface area contributed by atoms with Crippen molar-refractivity contribution < 1.29 is 4.79 Å². The van der Waals surface area contributed by atoms with Crippen LogP contribution in [0.4, 0.5) is 0 Å². The molecule has 0 radical (unpaired) electrons. The molecule has 2 aromatic heterocycles. The minimum absolute atomic E-state index is 0.0168. The van der Waals surface area contributed by atoms with Crippen LogP contribution in [-0.2, 0) is 16.8 Å². The predicted molar refractivity (Wildman–Crippen MR) is 124 cm³/mol. The summed E-state index contributed by atoms with van der Waals surface area (Å²) in [4.78, 5) is 28.2. The minimum Gasteiger partial charge on any atom is -0.355 e. The quantitative estimate of drug-likeness (QED) is 0.425. The number of fused-ring (bicyclic) bond motifs is 1. The van der Waals surface area contributed by atoms with Crippen molar-refractivity contribution in [3.8, 4) is 11.3 Å². The van der Waals surface area contributed by atoms with Gasteiger partial charge < -0.3 is 14.9 Å². The van der Waals surface area contributed by atoms with E-state index in [1.807, 2.05) is 25.1 Å². The van der Waals surface area contributed by atoms with E-state index in [0.717, 1.165) is 28.7 Å². The lowest BCUT2D eigenvalue weighted by Gasteiger charge is -2.32. The highest BCUT2D eigenvalue weighted by atomic mass is 127. The number of pyridine rings is 1. The number of nitrogens with one attached hydrogen (secondary N) is 2. The van der Waals surface area contributed by atoms with Crippen molar-refractivity contribution in [2.45, 2.75) is 31.7 Å². The molecule has 1 amide bonds. The van der Waals surface area contributed by atoms with Crippen LogP contribution in [0.2, 0.25) is 0 Å². The Bertz CT molecular complexity index is 1110. The van der Waals surface area contributed by atoms with Gasteiger partial charge in [-0.3, -0.25) is 9.59 Å². The van der Waals surface area contributed by atoms with Gasteiger partial charge in [-0.1, -0.05) is 22.7 Å². The van der Waals surface area contributed by atoms with Gasteiger partial charge in [0.1, 0.15) is 0 Å². The average molecular weight is 489 g/mol. The summed E-state index contributed by atoms with van der Waals surface area (Å²) in [5.74, 6) is -0.0653. The molecule has 1 aliphatic rings. The molecule has 1 aliphatic heterocycles. The van der Waals surface area contributed by atoms with Gasteiger partial charge in [0.25, 0.3) is 5.56 Å². The zero-order valence-corrected chi connectivity index (χ0v) is 18.1. The molecule has 1 saturated heterocycles. The number of aromatic nitrogens is 2. The highest BCUT2D eigenvalue weighted by Crippen LogP contribution is 2.30. The molecular weight excluding hydrogens is 465 g/mol. The molecular formula is C22H24IN3O2. The van der Waals surface area contributed by atoms with Crippen molar-refractivity contribution in [1.82, 2.24) is 14.9 Å². The predicted octanol–water partition coefficient (Wildman–Crippen LogP) is 3.57. The van der Waals surface area contributed by atoms with Crippen LogP contribution in [0.25, 0.3) is 22.2 Å². The first-order chi connectivity index (χ1) is 13.5. The molecule has 6 heteroatoms. The van der Waals surface area contributed by atoms with Gasteiger partial charge in [0.15, 0.2) is 0 Å². The number of piperidine rings is 1. The zero-order valence-electron chi connectivity index (χ0n) is 15.9. The van der Waals surface area contributed by atoms with E-state index in [-0.39, 0.29) is 32.2 Å². The fourth-order valence-corrected chi connectivity index (χ4v) is 4.84. The average Bonchev–Trinajstić information content (AvgIpc) is 3.10. The fraction of sp³-hybridized carbons (Fsp3) is 0.318. The lowest BCUT2D eigenvalue weighted by atomic mass is 9.76. The lowest BCUT2D eigenvalue weighted by molar-refractivity contribution is -0.128. The van der Waals surface area contributed by atoms with Crippen LogP contribution in [0, 0.1) is 0 Å². The Labute approximate surface area is 173 Å². The Balaban J connectivity index is 1.72. The molecule has 5 nitrogen and oxygen atoms in total. The third kappa shape index (κ3) is 3.34. The largest absolute Gasteiger partial charge is 0.355 e. The first-order valence-electron chi connectivity index (χ1n) is 9.47. The van der Waals surface area contributed by atoms with E-state index in [4.69, 9.17) is 0 Å². The number of H-pyrrole nitrogens is 1. The van der Waals surface area contributed by atoms with E-state index >= 15 is 0 Å². The number of carbonyl (C=O) groups is 1. The molecule has 146 valence electrons. The normalized spacial score (nSPS) is 19.7. The maximum absolute atomic E-state index is 12.8. The van der Waals surface area contributed by atoms with Gasteiger partial charge in [-0.2, -0.15) is 0 Å². The summed E-state index contributed by atoms with van der Waals surface area (Å²) in [6, 6.07) is 12.1. The van der Waals surface area contributed by atoms with Gasteiger partial charge >= 0.3 is 0 Å². The van der Waals surface area contributed by atoms with Gasteiger partial charge in [0, 0.05) is 46.1 Å². The first kappa shape index (κ1) is 19.1. The van der Waals surface area contributed by atoms with Crippen LogP contribution in [0.3, 0.4) is 0 Å². The van der Waals surface area contributed by atoms with Crippen molar-refractivity contribution in [3.05, 3.63) is 58.5 Å². The van der Waals surface area contributed by atoms with Crippen molar-refractivity contribution in [2.75, 3.05) is 11.0 Å². The molecule has 4 rings (SSSR count). The summed E-state index contributed by atoms with van der Waals surface area (Å²) in [6.45, 7) is 3.52.